The minimum Gasteiger partial charge on any atom is -0.494 e. The molecule has 2 aromatic rings. The molecule has 1 aliphatic rings. The van der Waals surface area contributed by atoms with Crippen LogP contribution in [0.5, 0.6) is 5.75 Å². The van der Waals surface area contributed by atoms with Gasteiger partial charge >= 0.3 is 6.03 Å². The van der Waals surface area contributed by atoms with Crippen molar-refractivity contribution in [3.8, 4) is 5.75 Å². The van der Waals surface area contributed by atoms with Gasteiger partial charge in [0.05, 0.1) is 13.2 Å². The Kier molecular flexibility index (Phi) is 7.38. The van der Waals surface area contributed by atoms with Crippen molar-refractivity contribution < 1.29 is 14.3 Å². The molecule has 0 aliphatic heterocycles. The van der Waals surface area contributed by atoms with Crippen LogP contribution in [0.3, 0.4) is 0 Å². The second-order valence-electron chi connectivity index (χ2n) is 7.67. The number of benzene rings is 1. The van der Waals surface area contributed by atoms with Crippen LogP contribution >= 0.6 is 0 Å². The van der Waals surface area contributed by atoms with Crippen LogP contribution < -0.4 is 10.1 Å². The summed E-state index contributed by atoms with van der Waals surface area (Å²) in [6, 6.07) is 11.3. The summed E-state index contributed by atoms with van der Waals surface area (Å²) in [5.41, 5.74) is 1.77. The van der Waals surface area contributed by atoms with Crippen molar-refractivity contribution in [1.29, 1.82) is 0 Å². The summed E-state index contributed by atoms with van der Waals surface area (Å²) in [4.78, 5) is 29.5. The number of carbonyl (C=O) groups excluding carboxylic acids is 2. The van der Waals surface area contributed by atoms with E-state index in [2.05, 4.69) is 5.32 Å². The van der Waals surface area contributed by atoms with Gasteiger partial charge in [-0.1, -0.05) is 6.92 Å². The van der Waals surface area contributed by atoms with Gasteiger partial charge in [0.2, 0.25) is 5.91 Å². The Morgan fingerprint density at radius 3 is 2.47 bits per heavy atom. The summed E-state index contributed by atoms with van der Waals surface area (Å²) in [6.45, 7) is 5.71. The highest BCUT2D eigenvalue weighted by molar-refractivity contribution is 5.92. The van der Waals surface area contributed by atoms with Crippen LogP contribution in [0.1, 0.15) is 38.8 Å². The quantitative estimate of drug-likeness (QED) is 0.644. The van der Waals surface area contributed by atoms with Crippen LogP contribution in [0.25, 0.3) is 0 Å². The number of hydrogen-bond donors (Lipinski definition) is 1. The van der Waals surface area contributed by atoms with Gasteiger partial charge in [-0.2, -0.15) is 0 Å². The van der Waals surface area contributed by atoms with Crippen molar-refractivity contribution in [2.24, 2.45) is 7.05 Å². The Labute approximate surface area is 178 Å². The van der Waals surface area contributed by atoms with E-state index in [1.807, 2.05) is 60.8 Å². The average molecular weight is 413 g/mol. The number of anilines is 1. The molecule has 1 heterocycles. The zero-order valence-electron chi connectivity index (χ0n) is 18.1. The Morgan fingerprint density at radius 1 is 1.17 bits per heavy atom. The molecule has 1 fully saturated rings. The van der Waals surface area contributed by atoms with E-state index in [1.54, 1.807) is 17.0 Å². The maximum absolute atomic E-state index is 13.1. The number of ether oxygens (including phenoxy) is 1. The fraction of sp³-hybridized carbons (Fsp3) is 0.478. The highest BCUT2D eigenvalue weighted by Gasteiger charge is 2.34. The molecule has 162 valence electrons. The van der Waals surface area contributed by atoms with Gasteiger partial charge in [0.25, 0.3) is 0 Å². The van der Waals surface area contributed by atoms with Crippen molar-refractivity contribution in [1.82, 2.24) is 14.4 Å². The third-order valence-electron chi connectivity index (χ3n) is 5.22. The highest BCUT2D eigenvalue weighted by Crippen LogP contribution is 2.28. The van der Waals surface area contributed by atoms with Crippen LogP contribution in [0.4, 0.5) is 10.5 Å². The summed E-state index contributed by atoms with van der Waals surface area (Å²) < 4.78 is 7.47. The minimum absolute atomic E-state index is 0.00556. The normalized spacial score (nSPS) is 13.0. The monoisotopic (exact) mass is 412 g/mol. The van der Waals surface area contributed by atoms with E-state index >= 15 is 0 Å². The molecule has 3 rings (SSSR count). The Morgan fingerprint density at radius 2 is 1.90 bits per heavy atom. The van der Waals surface area contributed by atoms with Gasteiger partial charge in [-0.3, -0.25) is 4.79 Å². The molecule has 1 saturated carbocycles. The first-order valence-corrected chi connectivity index (χ1v) is 10.7. The molecule has 0 saturated heterocycles. The fourth-order valence-corrected chi connectivity index (χ4v) is 3.42. The van der Waals surface area contributed by atoms with Crippen LogP contribution in [0, 0.1) is 0 Å². The predicted octanol–water partition coefficient (Wildman–Crippen LogP) is 3.86. The molecule has 3 amide bonds. The third kappa shape index (κ3) is 5.78. The predicted molar refractivity (Wildman–Crippen MR) is 117 cm³/mol. The lowest BCUT2D eigenvalue weighted by Crippen LogP contribution is -2.45. The van der Waals surface area contributed by atoms with Crippen molar-refractivity contribution in [2.45, 2.75) is 45.7 Å². The Bertz CT molecular complexity index is 842. The maximum Gasteiger partial charge on any atom is 0.322 e. The number of rotatable bonds is 10. The van der Waals surface area contributed by atoms with E-state index in [-0.39, 0.29) is 24.5 Å². The Hall–Kier alpha value is -2.96. The average Bonchev–Trinajstić information content (AvgIpc) is 3.49. The van der Waals surface area contributed by atoms with Crippen molar-refractivity contribution in [3.63, 3.8) is 0 Å². The Balaban J connectivity index is 1.63. The fourth-order valence-electron chi connectivity index (χ4n) is 3.42. The summed E-state index contributed by atoms with van der Waals surface area (Å²) >= 11 is 0. The van der Waals surface area contributed by atoms with Gasteiger partial charge in [0, 0.05) is 37.2 Å². The van der Waals surface area contributed by atoms with Crippen molar-refractivity contribution in [3.05, 3.63) is 48.3 Å². The van der Waals surface area contributed by atoms with Gasteiger partial charge in [0.15, 0.2) is 0 Å². The maximum atomic E-state index is 13.1. The van der Waals surface area contributed by atoms with Gasteiger partial charge in [-0.05, 0) is 62.6 Å². The van der Waals surface area contributed by atoms with Gasteiger partial charge in [-0.15, -0.1) is 0 Å². The van der Waals surface area contributed by atoms with Crippen molar-refractivity contribution >= 4 is 17.6 Å². The smallest absolute Gasteiger partial charge is 0.322 e. The number of hydrogen-bond acceptors (Lipinski definition) is 3. The molecule has 0 radical (unpaired) electrons. The van der Waals surface area contributed by atoms with Crippen LogP contribution in [0.2, 0.25) is 0 Å². The second-order valence-corrected chi connectivity index (χ2v) is 7.67. The van der Waals surface area contributed by atoms with Gasteiger partial charge < -0.3 is 24.4 Å². The molecule has 7 heteroatoms. The lowest BCUT2D eigenvalue weighted by molar-refractivity contribution is -0.133. The number of nitrogens with zero attached hydrogens (tertiary/aromatic N) is 3. The molecule has 7 nitrogen and oxygen atoms in total. The van der Waals surface area contributed by atoms with E-state index in [0.717, 1.165) is 30.7 Å². The summed E-state index contributed by atoms with van der Waals surface area (Å²) in [5, 5.41) is 2.90. The summed E-state index contributed by atoms with van der Waals surface area (Å²) in [5.74, 6) is 0.755. The molecule has 0 atom stereocenters. The van der Waals surface area contributed by atoms with E-state index in [1.165, 1.54) is 0 Å². The molecule has 0 bridgehead atoms. The largest absolute Gasteiger partial charge is 0.494 e. The van der Waals surface area contributed by atoms with Gasteiger partial charge in [-0.25, -0.2) is 4.79 Å². The van der Waals surface area contributed by atoms with E-state index in [0.29, 0.717) is 25.4 Å². The molecule has 0 unspecified atom stereocenters. The van der Waals surface area contributed by atoms with Crippen molar-refractivity contribution in [2.75, 3.05) is 25.0 Å². The highest BCUT2D eigenvalue weighted by atomic mass is 16.5. The topological polar surface area (TPSA) is 66.8 Å². The lowest BCUT2D eigenvalue weighted by Gasteiger charge is -2.28. The molecule has 30 heavy (non-hydrogen) atoms. The number of carbonyl (C=O) groups is 2. The molecule has 1 aromatic heterocycles. The number of aromatic nitrogens is 1. The zero-order valence-corrected chi connectivity index (χ0v) is 18.1. The van der Waals surface area contributed by atoms with E-state index in [4.69, 9.17) is 4.74 Å². The number of urea groups is 1. The standard InChI is InChI=1S/C23H32N4O3/c1-4-14-26(23(29)24-18-8-12-21(13-9-18)30-5-2)17-22(28)27(19-10-11-19)16-20-7-6-15-25(20)3/h6-9,12-13,15,19H,4-5,10-11,14,16-17H2,1-3H3,(H,24,29). The number of amides is 3. The molecule has 1 aliphatic carbocycles. The first kappa shape index (κ1) is 21.7. The number of aryl methyl sites for hydroxylation is 1. The third-order valence-corrected chi connectivity index (χ3v) is 5.22. The lowest BCUT2D eigenvalue weighted by atomic mass is 10.3. The molecule has 1 aromatic carbocycles. The second kappa shape index (κ2) is 10.2. The molecular weight excluding hydrogens is 380 g/mol. The number of nitrogens with one attached hydrogen (secondary N) is 1. The van der Waals surface area contributed by atoms with Crippen LogP contribution in [0.15, 0.2) is 42.6 Å². The molecular formula is C23H32N4O3. The first-order valence-electron chi connectivity index (χ1n) is 10.7. The van der Waals surface area contributed by atoms with Crippen LogP contribution in [-0.4, -0.2) is 52.0 Å². The van der Waals surface area contributed by atoms with E-state index < -0.39 is 0 Å². The molecule has 1 N–H and O–H groups in total. The zero-order chi connectivity index (χ0) is 21.5. The van der Waals surface area contributed by atoms with Crippen LogP contribution in [-0.2, 0) is 18.4 Å². The minimum atomic E-state index is -0.260. The SMILES string of the molecule is CCCN(CC(=O)N(Cc1cccn1C)C1CC1)C(=O)Nc1ccc(OCC)cc1. The summed E-state index contributed by atoms with van der Waals surface area (Å²) in [7, 11) is 1.98. The summed E-state index contributed by atoms with van der Waals surface area (Å²) in [6.07, 6.45) is 4.83. The first-order chi connectivity index (χ1) is 14.5. The van der Waals surface area contributed by atoms with E-state index in [9.17, 15) is 9.59 Å². The molecule has 0 spiro atoms. The van der Waals surface area contributed by atoms with Gasteiger partial charge in [0.1, 0.15) is 12.3 Å².